The number of hydrogen-bond donors (Lipinski definition) is 1. The molecule has 1 amide bonds. The smallest absolute Gasteiger partial charge is 0.256 e. The first kappa shape index (κ1) is 14.9. The second-order valence-electron chi connectivity index (χ2n) is 5.37. The molecule has 1 saturated heterocycles. The zero-order valence-electron chi connectivity index (χ0n) is 12.6. The van der Waals surface area contributed by atoms with Gasteiger partial charge in [-0.25, -0.2) is 0 Å². The van der Waals surface area contributed by atoms with Crippen LogP contribution in [-0.4, -0.2) is 43.7 Å². The van der Waals surface area contributed by atoms with E-state index in [2.05, 4.69) is 12.2 Å². The van der Waals surface area contributed by atoms with E-state index in [1.807, 2.05) is 30.0 Å². The van der Waals surface area contributed by atoms with Gasteiger partial charge in [-0.05, 0) is 37.5 Å². The Kier molecular flexibility index (Phi) is 5.01. The highest BCUT2D eigenvalue weighted by Gasteiger charge is 2.27. The molecule has 20 heavy (non-hydrogen) atoms. The highest BCUT2D eigenvalue weighted by atomic mass is 16.5. The molecule has 4 nitrogen and oxygen atoms in total. The first-order chi connectivity index (χ1) is 9.65. The maximum atomic E-state index is 12.6. The number of nitrogens with zero attached hydrogens (tertiary/aromatic N) is 1. The molecule has 1 unspecified atom stereocenters. The van der Waals surface area contributed by atoms with Crippen LogP contribution in [0, 0.1) is 6.92 Å². The van der Waals surface area contributed by atoms with Crippen LogP contribution in [0.4, 0.5) is 5.69 Å². The maximum absolute atomic E-state index is 12.6. The molecule has 1 aromatic rings. The van der Waals surface area contributed by atoms with Gasteiger partial charge in [-0.15, -0.1) is 0 Å². The van der Waals surface area contributed by atoms with Crippen LogP contribution in [0.5, 0.6) is 0 Å². The van der Waals surface area contributed by atoms with E-state index >= 15 is 0 Å². The molecule has 1 N–H and O–H groups in total. The second-order valence-corrected chi connectivity index (χ2v) is 5.37. The van der Waals surface area contributed by atoms with E-state index in [1.54, 1.807) is 7.11 Å². The Morgan fingerprint density at radius 3 is 2.95 bits per heavy atom. The summed E-state index contributed by atoms with van der Waals surface area (Å²) in [6.07, 6.45) is 2.14. The monoisotopic (exact) mass is 276 g/mol. The molecule has 1 aliphatic heterocycles. The van der Waals surface area contributed by atoms with Crippen molar-refractivity contribution < 1.29 is 9.53 Å². The topological polar surface area (TPSA) is 41.6 Å². The van der Waals surface area contributed by atoms with Gasteiger partial charge >= 0.3 is 0 Å². The highest BCUT2D eigenvalue weighted by molar-refractivity contribution is 6.00. The maximum Gasteiger partial charge on any atom is 0.256 e. The van der Waals surface area contributed by atoms with Gasteiger partial charge in [-0.3, -0.25) is 4.79 Å². The lowest BCUT2D eigenvalue weighted by Gasteiger charge is -2.19. The summed E-state index contributed by atoms with van der Waals surface area (Å²) in [5, 5.41) is 3.35. The lowest BCUT2D eigenvalue weighted by atomic mass is 10.1. The SMILES string of the molecule is CCCNc1cc(C)ccc1C(=O)N1CCC(OC)C1. The van der Waals surface area contributed by atoms with E-state index in [0.29, 0.717) is 6.54 Å². The third kappa shape index (κ3) is 3.31. The van der Waals surface area contributed by atoms with E-state index in [9.17, 15) is 4.79 Å². The van der Waals surface area contributed by atoms with Gasteiger partial charge in [0.05, 0.1) is 11.7 Å². The quantitative estimate of drug-likeness (QED) is 0.899. The predicted molar refractivity (Wildman–Crippen MR) is 81.3 cm³/mol. The van der Waals surface area contributed by atoms with Gasteiger partial charge in [0, 0.05) is 32.4 Å². The summed E-state index contributed by atoms with van der Waals surface area (Å²) >= 11 is 0. The van der Waals surface area contributed by atoms with Gasteiger partial charge in [0.25, 0.3) is 5.91 Å². The number of amides is 1. The lowest BCUT2D eigenvalue weighted by Crippen LogP contribution is -2.30. The van der Waals surface area contributed by atoms with Gasteiger partial charge in [-0.1, -0.05) is 13.0 Å². The van der Waals surface area contributed by atoms with Gasteiger partial charge < -0.3 is 15.0 Å². The molecule has 110 valence electrons. The van der Waals surface area contributed by atoms with Gasteiger partial charge in [-0.2, -0.15) is 0 Å². The average molecular weight is 276 g/mol. The molecule has 1 aliphatic rings. The molecule has 0 aromatic heterocycles. The van der Waals surface area contributed by atoms with Crippen molar-refractivity contribution in [2.75, 3.05) is 32.1 Å². The van der Waals surface area contributed by atoms with Gasteiger partial charge in [0.1, 0.15) is 0 Å². The van der Waals surface area contributed by atoms with E-state index < -0.39 is 0 Å². The van der Waals surface area contributed by atoms with Crippen molar-refractivity contribution in [3.05, 3.63) is 29.3 Å². The number of methoxy groups -OCH3 is 1. The Bertz CT molecular complexity index is 474. The number of ether oxygens (including phenoxy) is 1. The molecule has 1 fully saturated rings. The number of anilines is 1. The summed E-state index contributed by atoms with van der Waals surface area (Å²) in [6, 6.07) is 5.97. The van der Waals surface area contributed by atoms with Crippen LogP contribution in [0.3, 0.4) is 0 Å². The molecule has 2 rings (SSSR count). The van der Waals surface area contributed by atoms with Crippen LogP contribution >= 0.6 is 0 Å². The van der Waals surface area contributed by atoms with E-state index in [0.717, 1.165) is 42.7 Å². The number of carbonyl (C=O) groups is 1. The Hall–Kier alpha value is -1.55. The van der Waals surface area contributed by atoms with Crippen molar-refractivity contribution in [2.24, 2.45) is 0 Å². The molecule has 1 aromatic carbocycles. The minimum atomic E-state index is 0.100. The summed E-state index contributed by atoms with van der Waals surface area (Å²) in [5.74, 6) is 0.100. The highest BCUT2D eigenvalue weighted by Crippen LogP contribution is 2.22. The summed E-state index contributed by atoms with van der Waals surface area (Å²) in [7, 11) is 1.71. The molecular weight excluding hydrogens is 252 g/mol. The number of hydrogen-bond acceptors (Lipinski definition) is 3. The lowest BCUT2D eigenvalue weighted by molar-refractivity contribution is 0.0725. The fraction of sp³-hybridized carbons (Fsp3) is 0.562. The summed E-state index contributed by atoms with van der Waals surface area (Å²) in [4.78, 5) is 14.5. The molecule has 1 heterocycles. The second kappa shape index (κ2) is 6.75. The minimum absolute atomic E-state index is 0.100. The van der Waals surface area contributed by atoms with Crippen molar-refractivity contribution in [3.63, 3.8) is 0 Å². The number of carbonyl (C=O) groups excluding carboxylic acids is 1. The summed E-state index contributed by atoms with van der Waals surface area (Å²) in [5.41, 5.74) is 2.87. The molecular formula is C16H24N2O2. The average Bonchev–Trinajstić information content (AvgIpc) is 2.93. The molecule has 4 heteroatoms. The Morgan fingerprint density at radius 1 is 1.50 bits per heavy atom. The number of nitrogens with one attached hydrogen (secondary N) is 1. The molecule has 0 saturated carbocycles. The molecule has 0 spiro atoms. The molecule has 0 bridgehead atoms. The Balaban J connectivity index is 2.16. The third-order valence-electron chi connectivity index (χ3n) is 3.74. The van der Waals surface area contributed by atoms with Crippen LogP contribution < -0.4 is 5.32 Å². The first-order valence-electron chi connectivity index (χ1n) is 7.32. The Labute approximate surface area is 121 Å². The van der Waals surface area contributed by atoms with Crippen LogP contribution in [0.1, 0.15) is 35.7 Å². The molecule has 0 aliphatic carbocycles. The zero-order chi connectivity index (χ0) is 14.5. The van der Waals surface area contributed by atoms with Crippen molar-refractivity contribution in [1.29, 1.82) is 0 Å². The van der Waals surface area contributed by atoms with Crippen LogP contribution in [0.25, 0.3) is 0 Å². The molecule has 1 atom stereocenters. The largest absolute Gasteiger partial charge is 0.384 e. The van der Waals surface area contributed by atoms with Crippen LogP contribution in [0.15, 0.2) is 18.2 Å². The summed E-state index contributed by atoms with van der Waals surface area (Å²) in [6.45, 7) is 6.51. The first-order valence-corrected chi connectivity index (χ1v) is 7.32. The normalized spacial score (nSPS) is 18.4. The van der Waals surface area contributed by atoms with Crippen molar-refractivity contribution in [3.8, 4) is 0 Å². The Morgan fingerprint density at radius 2 is 2.30 bits per heavy atom. The number of rotatable bonds is 5. The van der Waals surface area contributed by atoms with E-state index in [1.165, 1.54) is 0 Å². The number of likely N-dealkylation sites (tertiary alicyclic amines) is 1. The third-order valence-corrected chi connectivity index (χ3v) is 3.74. The van der Waals surface area contributed by atoms with E-state index in [-0.39, 0.29) is 12.0 Å². The standard InChI is InChI=1S/C16H24N2O2/c1-4-8-17-15-10-12(2)5-6-14(15)16(19)18-9-7-13(11-18)20-3/h5-6,10,13,17H,4,7-9,11H2,1-3H3. The zero-order valence-corrected chi connectivity index (χ0v) is 12.6. The van der Waals surface area contributed by atoms with E-state index in [4.69, 9.17) is 4.74 Å². The number of aryl methyl sites for hydroxylation is 1. The van der Waals surface area contributed by atoms with Gasteiger partial charge in [0.2, 0.25) is 0 Å². The predicted octanol–water partition coefficient (Wildman–Crippen LogP) is 2.68. The van der Waals surface area contributed by atoms with Gasteiger partial charge in [0.15, 0.2) is 0 Å². The van der Waals surface area contributed by atoms with Crippen molar-refractivity contribution in [2.45, 2.75) is 32.8 Å². The fourth-order valence-corrected chi connectivity index (χ4v) is 2.53. The van der Waals surface area contributed by atoms with Crippen molar-refractivity contribution in [1.82, 2.24) is 4.90 Å². The fourth-order valence-electron chi connectivity index (χ4n) is 2.53. The molecule has 0 radical (unpaired) electrons. The van der Waals surface area contributed by atoms with Crippen molar-refractivity contribution >= 4 is 11.6 Å². The number of benzene rings is 1. The van der Waals surface area contributed by atoms with Crippen LogP contribution in [0.2, 0.25) is 0 Å². The minimum Gasteiger partial charge on any atom is -0.384 e. The van der Waals surface area contributed by atoms with Crippen LogP contribution in [-0.2, 0) is 4.74 Å². The summed E-state index contributed by atoms with van der Waals surface area (Å²) < 4.78 is 5.33.